The maximum absolute atomic E-state index is 8.51. The van der Waals surface area contributed by atoms with Gasteiger partial charge in [-0.3, -0.25) is 0 Å². The van der Waals surface area contributed by atoms with Crippen molar-refractivity contribution in [3.05, 3.63) is 16.5 Å². The summed E-state index contributed by atoms with van der Waals surface area (Å²) in [7, 11) is 1.89. The molecule has 0 aliphatic heterocycles. The maximum Gasteiger partial charge on any atom is 0.137 e. The number of halogens is 1. The molecule has 0 aliphatic carbocycles. The lowest BCUT2D eigenvalue weighted by Gasteiger charge is -2.19. The minimum atomic E-state index is 0.469. The average molecular weight is 225 g/mol. The summed E-state index contributed by atoms with van der Waals surface area (Å²) in [4.78, 5) is 10.3. The third-order valence-electron chi connectivity index (χ3n) is 2.09. The molecule has 0 bridgehead atoms. The lowest BCUT2D eigenvalue weighted by atomic mass is 10.3. The Morgan fingerprint density at radius 2 is 2.07 bits per heavy atom. The smallest absolute Gasteiger partial charge is 0.137 e. The summed E-state index contributed by atoms with van der Waals surface area (Å²) >= 11 is 5.95. The van der Waals surface area contributed by atoms with Gasteiger partial charge in [0.2, 0.25) is 0 Å². The molecular formula is C10H13ClN4. The van der Waals surface area contributed by atoms with Crippen LogP contribution in [0.1, 0.15) is 17.8 Å². The molecule has 5 heteroatoms. The van der Waals surface area contributed by atoms with Crippen molar-refractivity contribution in [3.8, 4) is 6.07 Å². The summed E-state index contributed by atoms with van der Waals surface area (Å²) in [6.07, 6.45) is 0.469. The molecule has 1 heterocycles. The van der Waals surface area contributed by atoms with Gasteiger partial charge in [0.1, 0.15) is 16.8 Å². The average Bonchev–Trinajstić information content (AvgIpc) is 2.19. The van der Waals surface area contributed by atoms with Gasteiger partial charge in [0.05, 0.1) is 12.5 Å². The predicted octanol–water partition coefficient (Wildman–Crippen LogP) is 2.10. The third-order valence-corrected chi connectivity index (χ3v) is 2.46. The Hall–Kier alpha value is -1.34. The fourth-order valence-corrected chi connectivity index (χ4v) is 1.48. The molecule has 0 spiro atoms. The first-order valence-electron chi connectivity index (χ1n) is 4.65. The number of aromatic nitrogens is 2. The zero-order valence-electron chi connectivity index (χ0n) is 9.08. The highest BCUT2D eigenvalue weighted by Crippen LogP contribution is 2.22. The standard InChI is InChI=1S/C10H13ClN4/c1-7-9(11)13-8(2)14-10(7)15(3)6-4-5-12/h4,6H2,1-3H3. The van der Waals surface area contributed by atoms with Crippen molar-refractivity contribution in [1.82, 2.24) is 9.97 Å². The SMILES string of the molecule is Cc1nc(Cl)c(C)c(N(C)CCC#N)n1. The number of nitriles is 1. The van der Waals surface area contributed by atoms with Gasteiger partial charge in [-0.25, -0.2) is 9.97 Å². The molecule has 0 fully saturated rings. The van der Waals surface area contributed by atoms with Crippen LogP contribution < -0.4 is 4.90 Å². The molecule has 0 aliphatic rings. The van der Waals surface area contributed by atoms with Crippen LogP contribution >= 0.6 is 11.6 Å². The zero-order valence-corrected chi connectivity index (χ0v) is 9.84. The van der Waals surface area contributed by atoms with Gasteiger partial charge < -0.3 is 4.90 Å². The Kier molecular flexibility index (Phi) is 3.87. The summed E-state index contributed by atoms with van der Waals surface area (Å²) in [5.41, 5.74) is 0.850. The summed E-state index contributed by atoms with van der Waals surface area (Å²) in [5.74, 6) is 1.44. The highest BCUT2D eigenvalue weighted by molar-refractivity contribution is 6.30. The van der Waals surface area contributed by atoms with Crippen LogP contribution in [-0.2, 0) is 0 Å². The summed E-state index contributed by atoms with van der Waals surface area (Å²) in [6, 6.07) is 2.10. The Morgan fingerprint density at radius 3 is 2.67 bits per heavy atom. The van der Waals surface area contributed by atoms with Crippen LogP contribution in [-0.4, -0.2) is 23.6 Å². The lowest BCUT2D eigenvalue weighted by Crippen LogP contribution is -2.21. The van der Waals surface area contributed by atoms with Crippen molar-refractivity contribution in [2.45, 2.75) is 20.3 Å². The first kappa shape index (κ1) is 11.7. The molecule has 0 N–H and O–H groups in total. The van der Waals surface area contributed by atoms with Crippen molar-refractivity contribution in [3.63, 3.8) is 0 Å². The minimum Gasteiger partial charge on any atom is -0.358 e. The Morgan fingerprint density at radius 1 is 1.40 bits per heavy atom. The highest BCUT2D eigenvalue weighted by Gasteiger charge is 2.10. The molecule has 0 atom stereocenters. The van der Waals surface area contributed by atoms with Crippen LogP contribution in [0.25, 0.3) is 0 Å². The molecule has 0 saturated heterocycles. The van der Waals surface area contributed by atoms with Crippen LogP contribution in [0.2, 0.25) is 5.15 Å². The van der Waals surface area contributed by atoms with E-state index in [9.17, 15) is 0 Å². The van der Waals surface area contributed by atoms with E-state index in [0.717, 1.165) is 11.4 Å². The van der Waals surface area contributed by atoms with Gasteiger partial charge in [0, 0.05) is 19.2 Å². The van der Waals surface area contributed by atoms with E-state index in [-0.39, 0.29) is 0 Å². The van der Waals surface area contributed by atoms with Crippen LogP contribution in [0.5, 0.6) is 0 Å². The number of aryl methyl sites for hydroxylation is 1. The number of hydrogen-bond acceptors (Lipinski definition) is 4. The van der Waals surface area contributed by atoms with Crippen LogP contribution in [0, 0.1) is 25.2 Å². The van der Waals surface area contributed by atoms with E-state index >= 15 is 0 Å². The van der Waals surface area contributed by atoms with E-state index in [2.05, 4.69) is 16.0 Å². The first-order chi connectivity index (χ1) is 7.06. The van der Waals surface area contributed by atoms with Crippen molar-refractivity contribution >= 4 is 17.4 Å². The van der Waals surface area contributed by atoms with E-state index < -0.39 is 0 Å². The van der Waals surface area contributed by atoms with Crippen molar-refractivity contribution in [2.24, 2.45) is 0 Å². The molecule has 0 unspecified atom stereocenters. The summed E-state index contributed by atoms with van der Waals surface area (Å²) < 4.78 is 0. The summed E-state index contributed by atoms with van der Waals surface area (Å²) in [5, 5.41) is 8.98. The number of hydrogen-bond donors (Lipinski definition) is 0. The molecule has 1 aromatic heterocycles. The highest BCUT2D eigenvalue weighted by atomic mass is 35.5. The van der Waals surface area contributed by atoms with E-state index in [1.54, 1.807) is 6.92 Å². The number of nitrogens with zero attached hydrogens (tertiary/aromatic N) is 4. The molecule has 1 rings (SSSR count). The van der Waals surface area contributed by atoms with Gasteiger partial charge in [-0.2, -0.15) is 5.26 Å². The topological polar surface area (TPSA) is 52.8 Å². The van der Waals surface area contributed by atoms with Crippen molar-refractivity contribution in [1.29, 1.82) is 5.26 Å². The van der Waals surface area contributed by atoms with E-state index in [4.69, 9.17) is 16.9 Å². The second-order valence-corrected chi connectivity index (χ2v) is 3.70. The van der Waals surface area contributed by atoms with Crippen molar-refractivity contribution in [2.75, 3.05) is 18.5 Å². The third kappa shape index (κ3) is 2.80. The van der Waals surface area contributed by atoms with Crippen LogP contribution in [0.15, 0.2) is 0 Å². The molecule has 0 amide bonds. The molecule has 4 nitrogen and oxygen atoms in total. The van der Waals surface area contributed by atoms with Crippen molar-refractivity contribution < 1.29 is 0 Å². The lowest BCUT2D eigenvalue weighted by molar-refractivity contribution is 0.862. The quantitative estimate of drug-likeness (QED) is 0.738. The van der Waals surface area contributed by atoms with Gasteiger partial charge in [0.15, 0.2) is 0 Å². The fraction of sp³-hybridized carbons (Fsp3) is 0.500. The predicted molar refractivity (Wildman–Crippen MR) is 60.0 cm³/mol. The molecule has 15 heavy (non-hydrogen) atoms. The Balaban J connectivity index is 2.98. The Bertz CT molecular complexity index is 397. The maximum atomic E-state index is 8.51. The molecule has 0 radical (unpaired) electrons. The van der Waals surface area contributed by atoms with Gasteiger partial charge in [-0.05, 0) is 13.8 Å². The Labute approximate surface area is 94.5 Å². The molecule has 0 saturated carbocycles. The molecule has 1 aromatic rings. The van der Waals surface area contributed by atoms with E-state index in [1.807, 2.05) is 18.9 Å². The zero-order chi connectivity index (χ0) is 11.4. The normalized spacial score (nSPS) is 9.80. The van der Waals surface area contributed by atoms with Crippen LogP contribution in [0.4, 0.5) is 5.82 Å². The van der Waals surface area contributed by atoms with E-state index in [1.165, 1.54) is 0 Å². The van der Waals surface area contributed by atoms with Gasteiger partial charge in [-0.15, -0.1) is 0 Å². The van der Waals surface area contributed by atoms with Gasteiger partial charge in [0.25, 0.3) is 0 Å². The molecule has 80 valence electrons. The van der Waals surface area contributed by atoms with Crippen LogP contribution in [0.3, 0.4) is 0 Å². The monoisotopic (exact) mass is 224 g/mol. The molecule has 0 aromatic carbocycles. The van der Waals surface area contributed by atoms with E-state index in [0.29, 0.717) is 23.9 Å². The second-order valence-electron chi connectivity index (χ2n) is 3.34. The summed E-state index contributed by atoms with van der Waals surface area (Å²) in [6.45, 7) is 4.32. The first-order valence-corrected chi connectivity index (χ1v) is 5.03. The van der Waals surface area contributed by atoms with Gasteiger partial charge >= 0.3 is 0 Å². The minimum absolute atomic E-state index is 0.469. The molecular weight excluding hydrogens is 212 g/mol. The largest absolute Gasteiger partial charge is 0.358 e. The van der Waals surface area contributed by atoms with Gasteiger partial charge in [-0.1, -0.05) is 11.6 Å². The fourth-order valence-electron chi connectivity index (χ4n) is 1.28. The number of anilines is 1. The number of rotatable bonds is 3. The second kappa shape index (κ2) is 4.94.